The second kappa shape index (κ2) is 6.66. The van der Waals surface area contributed by atoms with Crippen molar-refractivity contribution in [1.82, 2.24) is 15.0 Å². The number of H-pyrrole nitrogens is 1. The predicted octanol–water partition coefficient (Wildman–Crippen LogP) is 2.29. The number of pyridine rings is 1. The third kappa shape index (κ3) is 3.51. The molecule has 1 amide bonds. The SMILES string of the molecule is Cc1ccnc2nc(CN(CCC(N)=O)c3ccc(F)cc3)[nH]c12. The van der Waals surface area contributed by atoms with Crippen LogP contribution >= 0.6 is 0 Å². The molecule has 3 N–H and O–H groups in total. The molecule has 0 radical (unpaired) electrons. The molecule has 3 aromatic rings. The molecule has 1 aromatic carbocycles. The summed E-state index contributed by atoms with van der Waals surface area (Å²) in [7, 11) is 0. The van der Waals surface area contributed by atoms with E-state index in [0.717, 1.165) is 22.6 Å². The number of nitrogens with zero attached hydrogens (tertiary/aromatic N) is 3. The van der Waals surface area contributed by atoms with E-state index in [4.69, 9.17) is 5.73 Å². The Morgan fingerprint density at radius 3 is 2.71 bits per heavy atom. The lowest BCUT2D eigenvalue weighted by atomic mass is 10.2. The number of aromatic nitrogens is 3. The Bertz CT molecular complexity index is 859. The number of benzene rings is 1. The fraction of sp³-hybridized carbons (Fsp3) is 0.235. The van der Waals surface area contributed by atoms with Gasteiger partial charge in [-0.1, -0.05) is 0 Å². The van der Waals surface area contributed by atoms with E-state index in [1.54, 1.807) is 18.3 Å². The molecule has 0 atom stereocenters. The van der Waals surface area contributed by atoms with Gasteiger partial charge in [-0.15, -0.1) is 0 Å². The van der Waals surface area contributed by atoms with E-state index in [0.29, 0.717) is 18.7 Å². The van der Waals surface area contributed by atoms with Crippen molar-refractivity contribution in [2.24, 2.45) is 5.73 Å². The topological polar surface area (TPSA) is 87.9 Å². The van der Waals surface area contributed by atoms with Crippen LogP contribution in [0.25, 0.3) is 11.2 Å². The number of hydrogen-bond donors (Lipinski definition) is 2. The number of aryl methyl sites for hydroxylation is 1. The fourth-order valence-corrected chi connectivity index (χ4v) is 2.54. The molecule has 0 fully saturated rings. The van der Waals surface area contributed by atoms with Crippen LogP contribution in [-0.4, -0.2) is 27.4 Å². The number of nitrogens with one attached hydrogen (secondary N) is 1. The summed E-state index contributed by atoms with van der Waals surface area (Å²) in [6.07, 6.45) is 1.92. The first-order valence-electron chi connectivity index (χ1n) is 7.62. The minimum absolute atomic E-state index is 0.203. The summed E-state index contributed by atoms with van der Waals surface area (Å²) in [5, 5.41) is 0. The number of amides is 1. The highest BCUT2D eigenvalue weighted by atomic mass is 19.1. The molecule has 0 unspecified atom stereocenters. The molecule has 0 spiro atoms. The smallest absolute Gasteiger partial charge is 0.219 e. The minimum Gasteiger partial charge on any atom is -0.370 e. The second-order valence-corrected chi connectivity index (χ2v) is 5.62. The summed E-state index contributed by atoms with van der Waals surface area (Å²) in [5.74, 6) is 0.0296. The highest BCUT2D eigenvalue weighted by Crippen LogP contribution is 2.19. The monoisotopic (exact) mass is 327 g/mol. The summed E-state index contributed by atoms with van der Waals surface area (Å²) >= 11 is 0. The standard InChI is InChI=1S/C17H18FN5O/c1-11-6-8-20-17-16(11)21-15(22-17)10-23(9-7-14(19)24)13-4-2-12(18)3-5-13/h2-6,8H,7,9-10H2,1H3,(H2,19,24)(H,20,21,22). The Morgan fingerprint density at radius 1 is 1.29 bits per heavy atom. The zero-order valence-electron chi connectivity index (χ0n) is 13.3. The summed E-state index contributed by atoms with van der Waals surface area (Å²) < 4.78 is 13.2. The maximum Gasteiger partial charge on any atom is 0.219 e. The Morgan fingerprint density at radius 2 is 2.04 bits per heavy atom. The molecule has 0 aliphatic heterocycles. The molecular formula is C17H18FN5O. The normalized spacial score (nSPS) is 10.9. The quantitative estimate of drug-likeness (QED) is 0.727. The van der Waals surface area contributed by atoms with Gasteiger partial charge in [-0.05, 0) is 42.8 Å². The maximum absolute atomic E-state index is 13.2. The van der Waals surface area contributed by atoms with E-state index < -0.39 is 0 Å². The number of carbonyl (C=O) groups is 1. The Hall–Kier alpha value is -2.96. The number of hydrogen-bond acceptors (Lipinski definition) is 4. The second-order valence-electron chi connectivity index (χ2n) is 5.62. The Labute approximate surface area is 138 Å². The first-order valence-corrected chi connectivity index (χ1v) is 7.62. The van der Waals surface area contributed by atoms with Crippen molar-refractivity contribution in [3.63, 3.8) is 0 Å². The van der Waals surface area contributed by atoms with Gasteiger partial charge >= 0.3 is 0 Å². The molecule has 0 saturated carbocycles. The number of fused-ring (bicyclic) bond motifs is 1. The fourth-order valence-electron chi connectivity index (χ4n) is 2.54. The number of rotatable bonds is 6. The van der Waals surface area contributed by atoms with Crippen molar-refractivity contribution in [3.05, 3.63) is 53.7 Å². The first kappa shape index (κ1) is 15.9. The lowest BCUT2D eigenvalue weighted by Crippen LogP contribution is -2.28. The van der Waals surface area contributed by atoms with Gasteiger partial charge < -0.3 is 15.6 Å². The van der Waals surface area contributed by atoms with E-state index in [1.807, 2.05) is 17.9 Å². The lowest BCUT2D eigenvalue weighted by molar-refractivity contribution is -0.117. The van der Waals surface area contributed by atoms with Crippen molar-refractivity contribution in [1.29, 1.82) is 0 Å². The van der Waals surface area contributed by atoms with Gasteiger partial charge in [0.2, 0.25) is 5.91 Å². The average molecular weight is 327 g/mol. The molecule has 0 aliphatic carbocycles. The van der Waals surface area contributed by atoms with Crippen molar-refractivity contribution in [2.45, 2.75) is 19.9 Å². The van der Waals surface area contributed by atoms with E-state index in [1.165, 1.54) is 12.1 Å². The van der Waals surface area contributed by atoms with Crippen LogP contribution in [-0.2, 0) is 11.3 Å². The van der Waals surface area contributed by atoms with Crippen molar-refractivity contribution < 1.29 is 9.18 Å². The van der Waals surface area contributed by atoms with Crippen LogP contribution in [0.2, 0.25) is 0 Å². The van der Waals surface area contributed by atoms with Gasteiger partial charge in [0.15, 0.2) is 5.65 Å². The zero-order chi connectivity index (χ0) is 17.1. The summed E-state index contributed by atoms with van der Waals surface area (Å²) in [5.41, 5.74) is 8.65. The van der Waals surface area contributed by atoms with Crippen LogP contribution in [0.3, 0.4) is 0 Å². The van der Waals surface area contributed by atoms with E-state index >= 15 is 0 Å². The molecule has 3 rings (SSSR count). The van der Waals surface area contributed by atoms with Crippen molar-refractivity contribution >= 4 is 22.8 Å². The van der Waals surface area contributed by atoms with Crippen molar-refractivity contribution in [2.75, 3.05) is 11.4 Å². The van der Waals surface area contributed by atoms with Gasteiger partial charge in [0.1, 0.15) is 11.6 Å². The summed E-state index contributed by atoms with van der Waals surface area (Å²) in [6.45, 7) is 2.84. The van der Waals surface area contributed by atoms with Gasteiger partial charge in [0.25, 0.3) is 0 Å². The number of imidazole rings is 1. The molecule has 0 bridgehead atoms. The van der Waals surface area contributed by atoms with E-state index in [2.05, 4.69) is 15.0 Å². The van der Waals surface area contributed by atoms with Gasteiger partial charge in [-0.2, -0.15) is 0 Å². The number of aromatic amines is 1. The van der Waals surface area contributed by atoms with E-state index in [-0.39, 0.29) is 18.1 Å². The largest absolute Gasteiger partial charge is 0.370 e. The molecular weight excluding hydrogens is 309 g/mol. The predicted molar refractivity (Wildman–Crippen MR) is 89.9 cm³/mol. The van der Waals surface area contributed by atoms with Crippen molar-refractivity contribution in [3.8, 4) is 0 Å². The molecule has 7 heteroatoms. The minimum atomic E-state index is -0.385. The number of nitrogens with two attached hydrogens (primary N) is 1. The lowest BCUT2D eigenvalue weighted by Gasteiger charge is -2.23. The highest BCUT2D eigenvalue weighted by Gasteiger charge is 2.13. The number of anilines is 1. The average Bonchev–Trinajstić information content (AvgIpc) is 2.96. The van der Waals surface area contributed by atoms with Crippen LogP contribution in [0.4, 0.5) is 10.1 Å². The van der Waals surface area contributed by atoms with Crippen LogP contribution in [0, 0.1) is 12.7 Å². The van der Waals surface area contributed by atoms with Gasteiger partial charge in [0.05, 0.1) is 12.1 Å². The zero-order valence-corrected chi connectivity index (χ0v) is 13.3. The third-order valence-corrected chi connectivity index (χ3v) is 3.81. The highest BCUT2D eigenvalue weighted by molar-refractivity contribution is 5.75. The summed E-state index contributed by atoms with van der Waals surface area (Å²) in [6, 6.07) is 8.02. The van der Waals surface area contributed by atoms with Gasteiger partial charge in [-0.25, -0.2) is 14.4 Å². The molecule has 2 aromatic heterocycles. The van der Waals surface area contributed by atoms with Crippen LogP contribution in [0.15, 0.2) is 36.5 Å². The summed E-state index contributed by atoms with van der Waals surface area (Å²) in [4.78, 5) is 25.0. The van der Waals surface area contributed by atoms with Crippen LogP contribution < -0.4 is 10.6 Å². The Kier molecular flexibility index (Phi) is 4.41. The van der Waals surface area contributed by atoms with Crippen LogP contribution in [0.5, 0.6) is 0 Å². The molecule has 124 valence electrons. The maximum atomic E-state index is 13.2. The molecule has 0 saturated heterocycles. The first-order chi connectivity index (χ1) is 11.5. The van der Waals surface area contributed by atoms with Gasteiger partial charge in [0, 0.05) is 24.8 Å². The number of halogens is 1. The Balaban J connectivity index is 1.87. The van der Waals surface area contributed by atoms with Gasteiger partial charge in [-0.3, -0.25) is 4.79 Å². The van der Waals surface area contributed by atoms with E-state index in [9.17, 15) is 9.18 Å². The molecule has 2 heterocycles. The molecule has 24 heavy (non-hydrogen) atoms. The third-order valence-electron chi connectivity index (χ3n) is 3.81. The number of primary amides is 1. The molecule has 6 nitrogen and oxygen atoms in total. The molecule has 0 aliphatic rings. The van der Waals surface area contributed by atoms with Crippen LogP contribution in [0.1, 0.15) is 17.8 Å². The number of carbonyl (C=O) groups excluding carboxylic acids is 1.